The molecule has 2 N–H and O–H groups in total. The zero-order valence-electron chi connectivity index (χ0n) is 9.51. The molecule has 16 heavy (non-hydrogen) atoms. The predicted molar refractivity (Wildman–Crippen MR) is 69.9 cm³/mol. The molecule has 0 fully saturated rings. The van der Waals surface area contributed by atoms with Crippen LogP contribution in [0.1, 0.15) is 0 Å². The summed E-state index contributed by atoms with van der Waals surface area (Å²) in [6, 6.07) is 14.5. The molecule has 0 bridgehead atoms. The van der Waals surface area contributed by atoms with Crippen LogP contribution in [0, 0.1) is 0 Å². The van der Waals surface area contributed by atoms with Crippen LogP contribution in [0.5, 0.6) is 0 Å². The first kappa shape index (κ1) is 10.5. The summed E-state index contributed by atoms with van der Waals surface area (Å²) in [5, 5.41) is 2.43. The van der Waals surface area contributed by atoms with E-state index in [1.54, 1.807) is 7.05 Å². The molecule has 3 nitrogen and oxygen atoms in total. The Labute approximate surface area is 95.2 Å². The third kappa shape index (κ3) is 1.84. The van der Waals surface area contributed by atoms with Crippen molar-refractivity contribution >= 4 is 22.4 Å². The summed E-state index contributed by atoms with van der Waals surface area (Å²) >= 11 is 0. The fourth-order valence-electron chi connectivity index (χ4n) is 1.67. The lowest BCUT2D eigenvalue weighted by Crippen LogP contribution is -2.33. The van der Waals surface area contributed by atoms with Gasteiger partial charge in [0.25, 0.3) is 0 Å². The standard InChI is InChI=1S/C13H15N3/c1-15-13(14)16(2)12-8-7-10-5-3-4-6-11(10)9-12/h3-9H,1-2H3,(H2,14,15). The van der Waals surface area contributed by atoms with Crippen molar-refractivity contribution in [3.05, 3.63) is 42.5 Å². The van der Waals surface area contributed by atoms with Gasteiger partial charge in [0.15, 0.2) is 5.96 Å². The molecular formula is C13H15N3. The summed E-state index contributed by atoms with van der Waals surface area (Å²) in [5.74, 6) is 0.510. The quantitative estimate of drug-likeness (QED) is 0.583. The van der Waals surface area contributed by atoms with Gasteiger partial charge in [0.2, 0.25) is 0 Å². The third-order valence-electron chi connectivity index (χ3n) is 2.69. The average molecular weight is 213 g/mol. The SMILES string of the molecule is CN=C(N)N(C)c1ccc2ccccc2c1. The van der Waals surface area contributed by atoms with Crippen LogP contribution in [0.3, 0.4) is 0 Å². The molecule has 0 aromatic heterocycles. The Bertz CT molecular complexity index is 531. The number of fused-ring (bicyclic) bond motifs is 1. The van der Waals surface area contributed by atoms with Crippen LogP contribution in [0.2, 0.25) is 0 Å². The monoisotopic (exact) mass is 213 g/mol. The number of hydrogen-bond acceptors (Lipinski definition) is 1. The molecule has 2 aromatic rings. The minimum Gasteiger partial charge on any atom is -0.370 e. The van der Waals surface area contributed by atoms with E-state index in [1.807, 2.05) is 30.1 Å². The second kappa shape index (κ2) is 4.23. The number of hydrogen-bond donors (Lipinski definition) is 1. The smallest absolute Gasteiger partial charge is 0.195 e. The van der Waals surface area contributed by atoms with Crippen LogP contribution in [-0.2, 0) is 0 Å². The molecule has 2 rings (SSSR count). The first-order valence-corrected chi connectivity index (χ1v) is 5.17. The van der Waals surface area contributed by atoms with Crippen molar-refractivity contribution in [2.24, 2.45) is 10.7 Å². The number of aliphatic imine (C=N–C) groups is 1. The Kier molecular flexibility index (Phi) is 2.77. The zero-order chi connectivity index (χ0) is 11.5. The summed E-state index contributed by atoms with van der Waals surface area (Å²) < 4.78 is 0. The van der Waals surface area contributed by atoms with E-state index in [0.717, 1.165) is 5.69 Å². The van der Waals surface area contributed by atoms with Gasteiger partial charge in [-0.3, -0.25) is 4.99 Å². The van der Waals surface area contributed by atoms with Crippen molar-refractivity contribution in [1.82, 2.24) is 0 Å². The highest BCUT2D eigenvalue weighted by Crippen LogP contribution is 2.20. The molecule has 0 saturated heterocycles. The molecule has 2 aromatic carbocycles. The van der Waals surface area contributed by atoms with Crippen molar-refractivity contribution in [2.45, 2.75) is 0 Å². The number of nitrogens with two attached hydrogens (primary N) is 1. The Balaban J connectivity index is 2.47. The average Bonchev–Trinajstić information content (AvgIpc) is 2.36. The summed E-state index contributed by atoms with van der Waals surface area (Å²) in [4.78, 5) is 5.83. The summed E-state index contributed by atoms with van der Waals surface area (Å²) in [5.41, 5.74) is 6.81. The van der Waals surface area contributed by atoms with Crippen molar-refractivity contribution in [1.29, 1.82) is 0 Å². The van der Waals surface area contributed by atoms with E-state index in [0.29, 0.717) is 5.96 Å². The number of rotatable bonds is 1. The van der Waals surface area contributed by atoms with Gasteiger partial charge in [0.1, 0.15) is 0 Å². The summed E-state index contributed by atoms with van der Waals surface area (Å²) in [6.45, 7) is 0. The van der Waals surface area contributed by atoms with Crippen molar-refractivity contribution < 1.29 is 0 Å². The van der Waals surface area contributed by atoms with E-state index < -0.39 is 0 Å². The van der Waals surface area contributed by atoms with Crippen molar-refractivity contribution in [3.8, 4) is 0 Å². The van der Waals surface area contributed by atoms with E-state index in [4.69, 9.17) is 5.73 Å². The van der Waals surface area contributed by atoms with Crippen LogP contribution >= 0.6 is 0 Å². The first-order chi connectivity index (χ1) is 7.72. The highest BCUT2D eigenvalue weighted by atomic mass is 15.2. The molecule has 0 spiro atoms. The fraction of sp³-hybridized carbons (Fsp3) is 0.154. The zero-order valence-corrected chi connectivity index (χ0v) is 9.51. The van der Waals surface area contributed by atoms with E-state index in [9.17, 15) is 0 Å². The van der Waals surface area contributed by atoms with E-state index in [1.165, 1.54) is 10.8 Å². The Hall–Kier alpha value is -2.03. The van der Waals surface area contributed by atoms with Gasteiger partial charge >= 0.3 is 0 Å². The second-order valence-electron chi connectivity index (χ2n) is 3.67. The van der Waals surface area contributed by atoms with Crippen molar-refractivity contribution in [3.63, 3.8) is 0 Å². The first-order valence-electron chi connectivity index (χ1n) is 5.17. The van der Waals surface area contributed by atoms with Gasteiger partial charge in [-0.15, -0.1) is 0 Å². The predicted octanol–water partition coefficient (Wildman–Crippen LogP) is 2.22. The van der Waals surface area contributed by atoms with Gasteiger partial charge in [0, 0.05) is 19.8 Å². The van der Waals surface area contributed by atoms with E-state index in [2.05, 4.69) is 29.3 Å². The Morgan fingerprint density at radius 2 is 1.81 bits per heavy atom. The molecule has 0 radical (unpaired) electrons. The molecule has 3 heteroatoms. The highest BCUT2D eigenvalue weighted by Gasteiger charge is 2.04. The van der Waals surface area contributed by atoms with Crippen LogP contribution < -0.4 is 10.6 Å². The fourth-order valence-corrected chi connectivity index (χ4v) is 1.67. The maximum Gasteiger partial charge on any atom is 0.195 e. The highest BCUT2D eigenvalue weighted by molar-refractivity contribution is 5.96. The molecule has 0 aliphatic rings. The molecular weight excluding hydrogens is 198 g/mol. The van der Waals surface area contributed by atoms with Crippen LogP contribution in [0.15, 0.2) is 47.5 Å². The van der Waals surface area contributed by atoms with E-state index in [-0.39, 0.29) is 0 Å². The maximum absolute atomic E-state index is 5.77. The van der Waals surface area contributed by atoms with Gasteiger partial charge in [-0.25, -0.2) is 0 Å². The maximum atomic E-state index is 5.77. The largest absolute Gasteiger partial charge is 0.370 e. The second-order valence-corrected chi connectivity index (χ2v) is 3.67. The minimum atomic E-state index is 0.510. The van der Waals surface area contributed by atoms with Crippen molar-refractivity contribution in [2.75, 3.05) is 19.0 Å². The normalized spacial score (nSPS) is 11.8. The third-order valence-corrected chi connectivity index (χ3v) is 2.69. The molecule has 0 aliphatic heterocycles. The van der Waals surface area contributed by atoms with Gasteiger partial charge in [-0.05, 0) is 22.9 Å². The number of nitrogens with zero attached hydrogens (tertiary/aromatic N) is 2. The molecule has 0 saturated carbocycles. The van der Waals surface area contributed by atoms with Gasteiger partial charge in [-0.2, -0.15) is 0 Å². The molecule has 0 heterocycles. The number of anilines is 1. The lowest BCUT2D eigenvalue weighted by molar-refractivity contribution is 1.20. The molecule has 0 amide bonds. The van der Waals surface area contributed by atoms with Gasteiger partial charge in [0.05, 0.1) is 0 Å². The lowest BCUT2D eigenvalue weighted by atomic mass is 10.1. The van der Waals surface area contributed by atoms with Crippen LogP contribution in [0.25, 0.3) is 10.8 Å². The van der Waals surface area contributed by atoms with E-state index >= 15 is 0 Å². The van der Waals surface area contributed by atoms with Gasteiger partial charge in [-0.1, -0.05) is 30.3 Å². The topological polar surface area (TPSA) is 41.6 Å². The summed E-state index contributed by atoms with van der Waals surface area (Å²) in [7, 11) is 3.60. The minimum absolute atomic E-state index is 0.510. The Morgan fingerprint density at radius 3 is 2.50 bits per heavy atom. The molecule has 0 aliphatic carbocycles. The molecule has 0 atom stereocenters. The van der Waals surface area contributed by atoms with Crippen LogP contribution in [0.4, 0.5) is 5.69 Å². The number of benzene rings is 2. The molecule has 82 valence electrons. The Morgan fingerprint density at radius 1 is 1.12 bits per heavy atom. The molecule has 0 unspecified atom stereocenters. The number of guanidine groups is 1. The van der Waals surface area contributed by atoms with Crippen LogP contribution in [-0.4, -0.2) is 20.1 Å². The summed E-state index contributed by atoms with van der Waals surface area (Å²) in [6.07, 6.45) is 0. The van der Waals surface area contributed by atoms with Gasteiger partial charge < -0.3 is 10.6 Å². The lowest BCUT2D eigenvalue weighted by Gasteiger charge is -2.18.